The fraction of sp³-hybridized carbons (Fsp3) is 0.0476. The van der Waals surface area contributed by atoms with Gasteiger partial charge in [0, 0.05) is 0 Å². The Morgan fingerprint density at radius 3 is 1.86 bits per heavy atom. The zero-order valence-electron chi connectivity index (χ0n) is 12.6. The van der Waals surface area contributed by atoms with E-state index in [1.165, 1.54) is 0 Å². The standard InChI is InChI=1S/C21H22/c1-5-18(3)21(6-2)19(4)20-16-14-12-10-8-7-9-11-13-15-17-20/h5-17H,1-3H2,4H3/b8-7-,9-7?,10-8?,11-9+,12-10-,13-11?,14-12?,15-13-,16-14+,17-15?,20-16?,20-17+,21-19-. The molecule has 21 heavy (non-hydrogen) atoms. The van der Waals surface area contributed by atoms with Gasteiger partial charge in [-0.05, 0) is 29.2 Å². The van der Waals surface area contributed by atoms with Gasteiger partial charge in [-0.3, -0.25) is 0 Å². The Labute approximate surface area is 128 Å². The molecule has 0 nitrogen and oxygen atoms in total. The Bertz CT molecular complexity index is 608. The lowest BCUT2D eigenvalue weighted by Crippen LogP contribution is -1.90. The molecule has 0 fully saturated rings. The highest BCUT2D eigenvalue weighted by molar-refractivity contribution is 5.55. The molecule has 0 saturated carbocycles. The van der Waals surface area contributed by atoms with Gasteiger partial charge in [-0.1, -0.05) is 98.7 Å². The van der Waals surface area contributed by atoms with E-state index in [-0.39, 0.29) is 0 Å². The van der Waals surface area contributed by atoms with Gasteiger partial charge in [0.2, 0.25) is 0 Å². The Morgan fingerprint density at radius 1 is 0.810 bits per heavy atom. The van der Waals surface area contributed by atoms with Crippen LogP contribution in [0.3, 0.4) is 0 Å². The van der Waals surface area contributed by atoms with Crippen LogP contribution in [-0.4, -0.2) is 0 Å². The smallest absolute Gasteiger partial charge is 0.0161 e. The third-order valence-electron chi connectivity index (χ3n) is 3.07. The molecule has 0 spiro atoms. The molecule has 0 saturated heterocycles. The van der Waals surface area contributed by atoms with Gasteiger partial charge in [-0.15, -0.1) is 0 Å². The molecule has 0 aromatic carbocycles. The van der Waals surface area contributed by atoms with E-state index < -0.39 is 0 Å². The van der Waals surface area contributed by atoms with Crippen LogP contribution in [0.25, 0.3) is 0 Å². The monoisotopic (exact) mass is 274 g/mol. The Kier molecular flexibility index (Phi) is 7.31. The number of hydrogen-bond acceptors (Lipinski definition) is 0. The lowest BCUT2D eigenvalue weighted by Gasteiger charge is -2.09. The summed E-state index contributed by atoms with van der Waals surface area (Å²) in [7, 11) is 0. The fourth-order valence-corrected chi connectivity index (χ4v) is 1.86. The van der Waals surface area contributed by atoms with Crippen LogP contribution in [0.2, 0.25) is 0 Å². The summed E-state index contributed by atoms with van der Waals surface area (Å²) in [5.74, 6) is 0. The molecule has 0 bridgehead atoms. The number of hydrogen-bond donors (Lipinski definition) is 0. The topological polar surface area (TPSA) is 0 Å². The van der Waals surface area contributed by atoms with E-state index in [1.54, 1.807) is 6.08 Å². The molecule has 0 aromatic heterocycles. The highest BCUT2D eigenvalue weighted by Gasteiger charge is 2.03. The van der Waals surface area contributed by atoms with Gasteiger partial charge in [0.1, 0.15) is 0 Å². The summed E-state index contributed by atoms with van der Waals surface area (Å²) >= 11 is 0. The molecule has 106 valence electrons. The average Bonchev–Trinajstić information content (AvgIpc) is 2.48. The summed E-state index contributed by atoms with van der Waals surface area (Å²) in [6.07, 6.45) is 25.8. The van der Waals surface area contributed by atoms with Crippen molar-refractivity contribution in [2.24, 2.45) is 0 Å². The van der Waals surface area contributed by atoms with E-state index in [9.17, 15) is 0 Å². The molecule has 0 atom stereocenters. The Hall–Kier alpha value is -2.60. The highest BCUT2D eigenvalue weighted by atomic mass is 14.1. The maximum atomic E-state index is 4.01. The maximum Gasteiger partial charge on any atom is -0.0161 e. The predicted octanol–water partition coefficient (Wildman–Crippen LogP) is 5.95. The quantitative estimate of drug-likeness (QED) is 0.555. The summed E-state index contributed by atoms with van der Waals surface area (Å²) in [5.41, 5.74) is 4.14. The predicted molar refractivity (Wildman–Crippen MR) is 96.0 cm³/mol. The van der Waals surface area contributed by atoms with Crippen molar-refractivity contribution in [1.29, 1.82) is 0 Å². The van der Waals surface area contributed by atoms with Crippen molar-refractivity contribution in [2.75, 3.05) is 0 Å². The molecule has 0 N–H and O–H groups in total. The minimum atomic E-state index is 0.880. The zero-order valence-corrected chi connectivity index (χ0v) is 12.6. The van der Waals surface area contributed by atoms with Crippen LogP contribution in [0, 0.1) is 0 Å². The first-order valence-electron chi connectivity index (χ1n) is 6.91. The van der Waals surface area contributed by atoms with Crippen LogP contribution in [-0.2, 0) is 0 Å². The van der Waals surface area contributed by atoms with Crippen molar-refractivity contribution >= 4 is 0 Å². The van der Waals surface area contributed by atoms with Crippen molar-refractivity contribution < 1.29 is 0 Å². The molecule has 1 rings (SSSR count). The number of rotatable bonds is 4. The molecule has 0 radical (unpaired) electrons. The van der Waals surface area contributed by atoms with Gasteiger partial charge in [0.15, 0.2) is 0 Å². The van der Waals surface area contributed by atoms with Crippen LogP contribution in [0.1, 0.15) is 6.92 Å². The van der Waals surface area contributed by atoms with Crippen molar-refractivity contribution in [2.45, 2.75) is 6.92 Å². The molecule has 0 heteroatoms. The molecule has 0 aromatic rings. The Morgan fingerprint density at radius 2 is 1.33 bits per heavy atom. The molecule has 1 aliphatic carbocycles. The third-order valence-corrected chi connectivity index (χ3v) is 3.07. The summed E-state index contributed by atoms with van der Waals surface area (Å²) in [6, 6.07) is 0. The molecular weight excluding hydrogens is 252 g/mol. The average molecular weight is 274 g/mol. The first-order chi connectivity index (χ1) is 10.2. The van der Waals surface area contributed by atoms with Gasteiger partial charge in [0.25, 0.3) is 0 Å². The largest absolute Gasteiger partial charge is 0.0985 e. The van der Waals surface area contributed by atoms with E-state index in [4.69, 9.17) is 0 Å². The zero-order chi connectivity index (χ0) is 15.5. The van der Waals surface area contributed by atoms with Crippen LogP contribution in [0.15, 0.2) is 121 Å². The highest BCUT2D eigenvalue weighted by Crippen LogP contribution is 2.22. The van der Waals surface area contributed by atoms with Gasteiger partial charge < -0.3 is 0 Å². The lowest BCUT2D eigenvalue weighted by atomic mass is 9.95. The van der Waals surface area contributed by atoms with Gasteiger partial charge in [0.05, 0.1) is 0 Å². The normalized spacial score (nSPS) is 25.7. The van der Waals surface area contributed by atoms with Gasteiger partial charge >= 0.3 is 0 Å². The summed E-state index contributed by atoms with van der Waals surface area (Å²) in [4.78, 5) is 0. The Balaban J connectivity index is 3.27. The van der Waals surface area contributed by atoms with E-state index in [1.807, 2.05) is 60.8 Å². The summed E-state index contributed by atoms with van der Waals surface area (Å²) in [5, 5.41) is 0. The minimum absolute atomic E-state index is 0.880. The van der Waals surface area contributed by atoms with E-state index >= 15 is 0 Å². The van der Waals surface area contributed by atoms with Crippen LogP contribution in [0.4, 0.5) is 0 Å². The number of allylic oxidation sites excluding steroid dienone is 17. The summed E-state index contributed by atoms with van der Waals surface area (Å²) < 4.78 is 0. The molecule has 1 aliphatic rings. The first kappa shape index (κ1) is 16.5. The van der Waals surface area contributed by atoms with Gasteiger partial charge in [-0.25, -0.2) is 0 Å². The first-order valence-corrected chi connectivity index (χ1v) is 6.91. The molecule has 0 heterocycles. The van der Waals surface area contributed by atoms with Crippen molar-refractivity contribution in [3.8, 4) is 0 Å². The van der Waals surface area contributed by atoms with E-state index in [0.717, 1.165) is 22.3 Å². The fourth-order valence-electron chi connectivity index (χ4n) is 1.86. The lowest BCUT2D eigenvalue weighted by molar-refractivity contribution is 1.35. The minimum Gasteiger partial charge on any atom is -0.0985 e. The van der Waals surface area contributed by atoms with Crippen LogP contribution in [0.5, 0.6) is 0 Å². The van der Waals surface area contributed by atoms with Crippen molar-refractivity contribution in [3.63, 3.8) is 0 Å². The maximum absolute atomic E-state index is 4.01. The molecule has 0 unspecified atom stereocenters. The third kappa shape index (κ3) is 5.50. The van der Waals surface area contributed by atoms with Crippen LogP contribution >= 0.6 is 0 Å². The second kappa shape index (κ2) is 9.33. The van der Waals surface area contributed by atoms with E-state index in [2.05, 4.69) is 38.8 Å². The van der Waals surface area contributed by atoms with Crippen molar-refractivity contribution in [3.05, 3.63) is 121 Å². The SMILES string of the molecule is C=CC(=C)\C(C=C)=C(C)/C1=C/C=C\C=C\C=C/C=C\C=C\1. The second-order valence-corrected chi connectivity index (χ2v) is 4.49. The molecule has 0 amide bonds. The summed E-state index contributed by atoms with van der Waals surface area (Å²) in [6.45, 7) is 13.7. The molecular formula is C21H22. The van der Waals surface area contributed by atoms with Crippen LogP contribution < -0.4 is 0 Å². The second-order valence-electron chi connectivity index (χ2n) is 4.49. The van der Waals surface area contributed by atoms with Gasteiger partial charge in [-0.2, -0.15) is 0 Å². The van der Waals surface area contributed by atoms with E-state index in [0.29, 0.717) is 0 Å². The van der Waals surface area contributed by atoms with Crippen molar-refractivity contribution in [1.82, 2.24) is 0 Å². The molecule has 0 aliphatic heterocycles.